The zero-order valence-electron chi connectivity index (χ0n) is 12.3. The quantitative estimate of drug-likeness (QED) is 0.868. The molecule has 6 heteroatoms. The third kappa shape index (κ3) is 3.39. The molecule has 21 heavy (non-hydrogen) atoms. The van der Waals surface area contributed by atoms with E-state index in [0.717, 1.165) is 6.42 Å². The van der Waals surface area contributed by atoms with Crippen molar-refractivity contribution in [2.24, 2.45) is 0 Å². The van der Waals surface area contributed by atoms with Crippen molar-refractivity contribution in [3.8, 4) is 0 Å². The second kappa shape index (κ2) is 6.39. The summed E-state index contributed by atoms with van der Waals surface area (Å²) in [5.74, 6) is -0.530. The van der Waals surface area contributed by atoms with Gasteiger partial charge < -0.3 is 15.1 Å². The summed E-state index contributed by atoms with van der Waals surface area (Å²) in [4.78, 5) is 38.7. The highest BCUT2D eigenvalue weighted by atomic mass is 16.2. The highest BCUT2D eigenvalue weighted by molar-refractivity contribution is 6.05. The molecule has 1 N–H and O–H groups in total. The SMILES string of the molecule is CC(=O)N(C)c1ccccc1C(=O)N1CCCNC(=O)C1. The van der Waals surface area contributed by atoms with Gasteiger partial charge in [0.2, 0.25) is 11.8 Å². The van der Waals surface area contributed by atoms with Crippen molar-refractivity contribution in [1.82, 2.24) is 10.2 Å². The molecule has 2 rings (SSSR count). The van der Waals surface area contributed by atoms with E-state index in [0.29, 0.717) is 24.3 Å². The topological polar surface area (TPSA) is 69.7 Å². The van der Waals surface area contributed by atoms with Crippen molar-refractivity contribution in [2.75, 3.05) is 31.6 Å². The lowest BCUT2D eigenvalue weighted by atomic mass is 10.1. The second-order valence-electron chi connectivity index (χ2n) is 5.03. The minimum atomic E-state index is -0.226. The lowest BCUT2D eigenvalue weighted by molar-refractivity contribution is -0.121. The lowest BCUT2D eigenvalue weighted by Crippen LogP contribution is -2.38. The number of benzene rings is 1. The van der Waals surface area contributed by atoms with Gasteiger partial charge in [-0.05, 0) is 18.6 Å². The second-order valence-corrected chi connectivity index (χ2v) is 5.03. The molecule has 0 saturated carbocycles. The number of rotatable bonds is 2. The molecule has 3 amide bonds. The van der Waals surface area contributed by atoms with E-state index in [9.17, 15) is 14.4 Å². The summed E-state index contributed by atoms with van der Waals surface area (Å²) >= 11 is 0. The van der Waals surface area contributed by atoms with Crippen molar-refractivity contribution >= 4 is 23.4 Å². The number of para-hydroxylation sites is 1. The fourth-order valence-corrected chi connectivity index (χ4v) is 2.27. The van der Waals surface area contributed by atoms with Gasteiger partial charge in [-0.2, -0.15) is 0 Å². The summed E-state index contributed by atoms with van der Waals surface area (Å²) in [6, 6.07) is 6.94. The first kappa shape index (κ1) is 15.0. The normalized spacial score (nSPS) is 15.1. The zero-order chi connectivity index (χ0) is 15.4. The first-order valence-corrected chi connectivity index (χ1v) is 6.90. The van der Waals surface area contributed by atoms with Crippen molar-refractivity contribution in [1.29, 1.82) is 0 Å². The molecule has 1 aromatic rings. The lowest BCUT2D eigenvalue weighted by Gasteiger charge is -2.23. The Morgan fingerprint density at radius 1 is 1.29 bits per heavy atom. The van der Waals surface area contributed by atoms with Crippen LogP contribution >= 0.6 is 0 Å². The zero-order valence-corrected chi connectivity index (χ0v) is 12.3. The number of carbonyl (C=O) groups excluding carboxylic acids is 3. The van der Waals surface area contributed by atoms with Crippen LogP contribution in [0.25, 0.3) is 0 Å². The molecule has 1 aromatic carbocycles. The number of nitrogens with one attached hydrogen (secondary N) is 1. The van der Waals surface area contributed by atoms with Crippen molar-refractivity contribution in [2.45, 2.75) is 13.3 Å². The molecule has 6 nitrogen and oxygen atoms in total. The Kier molecular flexibility index (Phi) is 4.57. The molecule has 1 aliphatic rings. The van der Waals surface area contributed by atoms with Gasteiger partial charge in [-0.15, -0.1) is 0 Å². The Morgan fingerprint density at radius 2 is 2.00 bits per heavy atom. The Bertz CT molecular complexity index is 571. The molecule has 1 aliphatic heterocycles. The van der Waals surface area contributed by atoms with Gasteiger partial charge in [-0.25, -0.2) is 0 Å². The van der Waals surface area contributed by atoms with E-state index < -0.39 is 0 Å². The monoisotopic (exact) mass is 289 g/mol. The molecule has 1 fully saturated rings. The minimum Gasteiger partial charge on any atom is -0.354 e. The van der Waals surface area contributed by atoms with Crippen LogP contribution in [0.2, 0.25) is 0 Å². The third-order valence-corrected chi connectivity index (χ3v) is 3.52. The molecular weight excluding hydrogens is 270 g/mol. The molecule has 112 valence electrons. The molecule has 0 spiro atoms. The summed E-state index contributed by atoms with van der Waals surface area (Å²) in [7, 11) is 1.63. The summed E-state index contributed by atoms with van der Waals surface area (Å²) in [5.41, 5.74) is 0.990. The summed E-state index contributed by atoms with van der Waals surface area (Å²) in [6.45, 7) is 2.60. The number of nitrogens with zero attached hydrogens (tertiary/aromatic N) is 2. The van der Waals surface area contributed by atoms with Crippen LogP contribution in [-0.4, -0.2) is 49.3 Å². The van der Waals surface area contributed by atoms with Crippen LogP contribution < -0.4 is 10.2 Å². The average molecular weight is 289 g/mol. The molecular formula is C15H19N3O3. The van der Waals surface area contributed by atoms with Crippen molar-refractivity contribution in [3.63, 3.8) is 0 Å². The van der Waals surface area contributed by atoms with E-state index in [-0.39, 0.29) is 24.3 Å². The summed E-state index contributed by atoms with van der Waals surface area (Å²) in [6.07, 6.45) is 0.724. The summed E-state index contributed by atoms with van der Waals surface area (Å²) < 4.78 is 0. The van der Waals surface area contributed by atoms with Gasteiger partial charge in [0.15, 0.2) is 0 Å². The number of anilines is 1. The molecule has 0 bridgehead atoms. The van der Waals surface area contributed by atoms with Gasteiger partial charge in [0, 0.05) is 27.1 Å². The highest BCUT2D eigenvalue weighted by Crippen LogP contribution is 2.21. The molecule has 1 saturated heterocycles. The number of hydrogen-bond donors (Lipinski definition) is 1. The van der Waals surface area contributed by atoms with Crippen LogP contribution in [-0.2, 0) is 9.59 Å². The predicted octanol–water partition coefficient (Wildman–Crippen LogP) is 0.631. The van der Waals surface area contributed by atoms with Gasteiger partial charge in [-0.1, -0.05) is 12.1 Å². The smallest absolute Gasteiger partial charge is 0.256 e. The maximum Gasteiger partial charge on any atom is 0.256 e. The van der Waals surface area contributed by atoms with E-state index >= 15 is 0 Å². The van der Waals surface area contributed by atoms with Crippen LogP contribution in [0.1, 0.15) is 23.7 Å². The molecule has 0 aromatic heterocycles. The molecule has 0 aliphatic carbocycles. The van der Waals surface area contributed by atoms with Crippen LogP contribution in [0.4, 0.5) is 5.69 Å². The standard InChI is InChI=1S/C15H19N3O3/c1-11(19)17(2)13-7-4-3-6-12(13)15(21)18-9-5-8-16-14(20)10-18/h3-4,6-7H,5,8-10H2,1-2H3,(H,16,20). The van der Waals surface area contributed by atoms with E-state index in [2.05, 4.69) is 5.32 Å². The van der Waals surface area contributed by atoms with Gasteiger partial charge in [-0.3, -0.25) is 14.4 Å². The summed E-state index contributed by atoms with van der Waals surface area (Å²) in [5, 5.41) is 2.74. The van der Waals surface area contributed by atoms with Crippen LogP contribution in [0.15, 0.2) is 24.3 Å². The van der Waals surface area contributed by atoms with Crippen molar-refractivity contribution in [3.05, 3.63) is 29.8 Å². The number of amides is 3. The maximum atomic E-state index is 12.7. The van der Waals surface area contributed by atoms with E-state index in [1.807, 2.05) is 0 Å². The van der Waals surface area contributed by atoms with Crippen LogP contribution in [0.5, 0.6) is 0 Å². The van der Waals surface area contributed by atoms with E-state index in [4.69, 9.17) is 0 Å². The maximum absolute atomic E-state index is 12.7. The van der Waals surface area contributed by atoms with E-state index in [1.165, 1.54) is 16.7 Å². The fourth-order valence-electron chi connectivity index (χ4n) is 2.27. The Balaban J connectivity index is 2.30. The molecule has 1 heterocycles. The van der Waals surface area contributed by atoms with Gasteiger partial charge in [0.25, 0.3) is 5.91 Å². The van der Waals surface area contributed by atoms with E-state index in [1.54, 1.807) is 31.3 Å². The number of hydrogen-bond acceptors (Lipinski definition) is 3. The third-order valence-electron chi connectivity index (χ3n) is 3.52. The first-order chi connectivity index (χ1) is 10.0. The molecule has 0 radical (unpaired) electrons. The largest absolute Gasteiger partial charge is 0.354 e. The first-order valence-electron chi connectivity index (χ1n) is 6.90. The molecule has 0 atom stereocenters. The average Bonchev–Trinajstić information content (AvgIpc) is 2.70. The predicted molar refractivity (Wildman–Crippen MR) is 79.1 cm³/mol. The highest BCUT2D eigenvalue weighted by Gasteiger charge is 2.24. The Hall–Kier alpha value is -2.37. The van der Waals surface area contributed by atoms with Crippen molar-refractivity contribution < 1.29 is 14.4 Å². The van der Waals surface area contributed by atoms with Crippen LogP contribution in [0, 0.1) is 0 Å². The molecule has 0 unspecified atom stereocenters. The van der Waals surface area contributed by atoms with Gasteiger partial charge in [0.1, 0.15) is 0 Å². The van der Waals surface area contributed by atoms with Gasteiger partial charge >= 0.3 is 0 Å². The minimum absolute atomic E-state index is 0.0525. The van der Waals surface area contributed by atoms with Gasteiger partial charge in [0.05, 0.1) is 17.8 Å². The Labute approximate surface area is 123 Å². The van der Waals surface area contributed by atoms with Crippen LogP contribution in [0.3, 0.4) is 0 Å². The fraction of sp³-hybridized carbons (Fsp3) is 0.400. The number of carbonyl (C=O) groups is 3. The Morgan fingerprint density at radius 3 is 2.71 bits per heavy atom.